The van der Waals surface area contributed by atoms with E-state index in [9.17, 15) is 0 Å². The Morgan fingerprint density at radius 2 is 2.13 bits per heavy atom. The van der Waals surface area contributed by atoms with Crippen LogP contribution in [0.15, 0.2) is 12.4 Å². The summed E-state index contributed by atoms with van der Waals surface area (Å²) in [5.74, 6) is 1.87. The highest BCUT2D eigenvalue weighted by molar-refractivity contribution is 4.91. The second-order valence-electron chi connectivity index (χ2n) is 4.62. The van der Waals surface area contributed by atoms with E-state index in [1.807, 2.05) is 19.3 Å². The molecule has 1 atom stereocenters. The SMILES string of the molecule is Cc1nccn1C(C)CNCCC(C)C. The van der Waals surface area contributed by atoms with E-state index in [4.69, 9.17) is 0 Å². The Balaban J connectivity index is 2.25. The molecule has 0 aliphatic heterocycles. The first-order valence-electron chi connectivity index (χ1n) is 5.81. The first-order valence-corrected chi connectivity index (χ1v) is 5.81. The van der Waals surface area contributed by atoms with Crippen LogP contribution < -0.4 is 5.32 Å². The first-order chi connectivity index (χ1) is 7.11. The summed E-state index contributed by atoms with van der Waals surface area (Å²) >= 11 is 0. The molecular weight excluding hydrogens is 186 g/mol. The van der Waals surface area contributed by atoms with Crippen LogP contribution in [0.2, 0.25) is 0 Å². The number of hydrogen-bond donors (Lipinski definition) is 1. The molecule has 1 aromatic rings. The molecule has 0 saturated heterocycles. The van der Waals surface area contributed by atoms with Crippen LogP contribution in [0.5, 0.6) is 0 Å². The molecule has 86 valence electrons. The number of nitrogens with one attached hydrogen (secondary N) is 1. The van der Waals surface area contributed by atoms with Crippen molar-refractivity contribution in [3.63, 3.8) is 0 Å². The molecule has 0 fully saturated rings. The molecule has 1 heterocycles. The molecular formula is C12H23N3. The van der Waals surface area contributed by atoms with E-state index < -0.39 is 0 Å². The summed E-state index contributed by atoms with van der Waals surface area (Å²) in [6.45, 7) is 10.9. The lowest BCUT2D eigenvalue weighted by Gasteiger charge is -2.16. The standard InChI is InChI=1S/C12H23N3/c1-10(2)5-6-13-9-11(3)15-8-7-14-12(15)4/h7-8,10-11,13H,5-6,9H2,1-4H3. The predicted molar refractivity (Wildman–Crippen MR) is 64.0 cm³/mol. The zero-order chi connectivity index (χ0) is 11.3. The summed E-state index contributed by atoms with van der Waals surface area (Å²) in [6, 6.07) is 0.486. The van der Waals surface area contributed by atoms with Gasteiger partial charge in [-0.2, -0.15) is 0 Å². The topological polar surface area (TPSA) is 29.9 Å². The van der Waals surface area contributed by atoms with Crippen LogP contribution in [-0.4, -0.2) is 22.6 Å². The molecule has 0 radical (unpaired) electrons. The lowest BCUT2D eigenvalue weighted by molar-refractivity contribution is 0.461. The van der Waals surface area contributed by atoms with Gasteiger partial charge in [0.2, 0.25) is 0 Å². The van der Waals surface area contributed by atoms with Gasteiger partial charge in [-0.3, -0.25) is 0 Å². The maximum atomic E-state index is 4.23. The van der Waals surface area contributed by atoms with E-state index in [0.29, 0.717) is 6.04 Å². The van der Waals surface area contributed by atoms with Crippen LogP contribution in [0.1, 0.15) is 39.1 Å². The number of rotatable bonds is 6. The monoisotopic (exact) mass is 209 g/mol. The van der Waals surface area contributed by atoms with Crippen LogP contribution >= 0.6 is 0 Å². The Bertz CT molecular complexity index is 278. The second-order valence-corrected chi connectivity index (χ2v) is 4.62. The molecule has 0 spiro atoms. The third-order valence-electron chi connectivity index (χ3n) is 2.68. The average molecular weight is 209 g/mol. The Labute approximate surface area is 92.9 Å². The highest BCUT2D eigenvalue weighted by Crippen LogP contribution is 2.07. The minimum atomic E-state index is 0.486. The largest absolute Gasteiger partial charge is 0.331 e. The maximum Gasteiger partial charge on any atom is 0.105 e. The maximum absolute atomic E-state index is 4.23. The summed E-state index contributed by atoms with van der Waals surface area (Å²) in [6.07, 6.45) is 5.15. The van der Waals surface area contributed by atoms with Gasteiger partial charge in [-0.15, -0.1) is 0 Å². The van der Waals surface area contributed by atoms with Crippen molar-refractivity contribution in [1.29, 1.82) is 0 Å². The summed E-state index contributed by atoms with van der Waals surface area (Å²) < 4.78 is 2.21. The van der Waals surface area contributed by atoms with E-state index in [1.165, 1.54) is 6.42 Å². The number of imidazole rings is 1. The van der Waals surface area contributed by atoms with Crippen LogP contribution in [0.4, 0.5) is 0 Å². The van der Waals surface area contributed by atoms with Gasteiger partial charge in [0.25, 0.3) is 0 Å². The fraction of sp³-hybridized carbons (Fsp3) is 0.750. The van der Waals surface area contributed by atoms with Gasteiger partial charge < -0.3 is 9.88 Å². The number of hydrogen-bond acceptors (Lipinski definition) is 2. The van der Waals surface area contributed by atoms with Crippen LogP contribution in [0.25, 0.3) is 0 Å². The van der Waals surface area contributed by atoms with Crippen molar-refractivity contribution in [3.8, 4) is 0 Å². The normalized spacial score (nSPS) is 13.4. The van der Waals surface area contributed by atoms with Crippen molar-refractivity contribution in [2.45, 2.75) is 40.2 Å². The Morgan fingerprint density at radius 3 is 2.67 bits per heavy atom. The summed E-state index contributed by atoms with van der Waals surface area (Å²) in [5, 5.41) is 3.48. The van der Waals surface area contributed by atoms with Gasteiger partial charge in [0.1, 0.15) is 5.82 Å². The zero-order valence-corrected chi connectivity index (χ0v) is 10.3. The Hall–Kier alpha value is -0.830. The van der Waals surface area contributed by atoms with Crippen LogP contribution in [0, 0.1) is 12.8 Å². The molecule has 3 heteroatoms. The summed E-state index contributed by atoms with van der Waals surface area (Å²) in [5.41, 5.74) is 0. The molecule has 3 nitrogen and oxygen atoms in total. The van der Waals surface area contributed by atoms with Gasteiger partial charge in [0, 0.05) is 25.0 Å². The van der Waals surface area contributed by atoms with Gasteiger partial charge in [-0.1, -0.05) is 13.8 Å². The van der Waals surface area contributed by atoms with Gasteiger partial charge >= 0.3 is 0 Å². The molecule has 0 bridgehead atoms. The molecule has 1 N–H and O–H groups in total. The molecule has 0 aliphatic carbocycles. The molecule has 15 heavy (non-hydrogen) atoms. The predicted octanol–water partition coefficient (Wildman–Crippen LogP) is 2.39. The first kappa shape index (κ1) is 12.2. The molecule has 0 amide bonds. The van der Waals surface area contributed by atoms with Crippen molar-refractivity contribution >= 4 is 0 Å². The summed E-state index contributed by atoms with van der Waals surface area (Å²) in [4.78, 5) is 4.23. The van der Waals surface area contributed by atoms with Gasteiger partial charge in [0.15, 0.2) is 0 Å². The van der Waals surface area contributed by atoms with Crippen molar-refractivity contribution in [1.82, 2.24) is 14.9 Å². The van der Waals surface area contributed by atoms with Crippen molar-refractivity contribution < 1.29 is 0 Å². The fourth-order valence-electron chi connectivity index (χ4n) is 1.65. The molecule has 1 rings (SSSR count). The van der Waals surface area contributed by atoms with E-state index in [1.54, 1.807) is 0 Å². The van der Waals surface area contributed by atoms with Gasteiger partial charge in [0.05, 0.1) is 0 Å². The highest BCUT2D eigenvalue weighted by Gasteiger charge is 2.05. The summed E-state index contributed by atoms with van der Waals surface area (Å²) in [7, 11) is 0. The van der Waals surface area contributed by atoms with Gasteiger partial charge in [-0.05, 0) is 32.7 Å². The Morgan fingerprint density at radius 1 is 1.40 bits per heavy atom. The number of aromatic nitrogens is 2. The van der Waals surface area contributed by atoms with E-state index in [-0.39, 0.29) is 0 Å². The average Bonchev–Trinajstić information content (AvgIpc) is 2.58. The molecule has 0 aromatic carbocycles. The van der Waals surface area contributed by atoms with Gasteiger partial charge in [-0.25, -0.2) is 4.98 Å². The molecule has 1 aromatic heterocycles. The van der Waals surface area contributed by atoms with Crippen LogP contribution in [0.3, 0.4) is 0 Å². The molecule has 0 saturated carbocycles. The minimum Gasteiger partial charge on any atom is -0.331 e. The quantitative estimate of drug-likeness (QED) is 0.729. The Kier molecular flexibility index (Phi) is 4.82. The lowest BCUT2D eigenvalue weighted by atomic mass is 10.1. The second kappa shape index (κ2) is 5.91. The number of aryl methyl sites for hydroxylation is 1. The van der Waals surface area contributed by atoms with Crippen LogP contribution in [-0.2, 0) is 0 Å². The van der Waals surface area contributed by atoms with Crippen molar-refractivity contribution in [2.24, 2.45) is 5.92 Å². The minimum absolute atomic E-state index is 0.486. The third kappa shape index (κ3) is 4.04. The van der Waals surface area contributed by atoms with E-state index in [2.05, 4.69) is 35.6 Å². The van der Waals surface area contributed by atoms with E-state index >= 15 is 0 Å². The zero-order valence-electron chi connectivity index (χ0n) is 10.3. The van der Waals surface area contributed by atoms with Crippen molar-refractivity contribution in [2.75, 3.05) is 13.1 Å². The third-order valence-corrected chi connectivity index (χ3v) is 2.68. The molecule has 1 unspecified atom stereocenters. The molecule has 0 aliphatic rings. The van der Waals surface area contributed by atoms with E-state index in [0.717, 1.165) is 24.8 Å². The fourth-order valence-corrected chi connectivity index (χ4v) is 1.65. The number of nitrogens with zero attached hydrogens (tertiary/aromatic N) is 2. The lowest BCUT2D eigenvalue weighted by Crippen LogP contribution is -2.25. The smallest absolute Gasteiger partial charge is 0.105 e. The van der Waals surface area contributed by atoms with Crippen molar-refractivity contribution in [3.05, 3.63) is 18.2 Å². The highest BCUT2D eigenvalue weighted by atomic mass is 15.1.